The molecule has 19 heavy (non-hydrogen) atoms. The lowest BCUT2D eigenvalue weighted by atomic mass is 10.2. The second-order valence-corrected chi connectivity index (χ2v) is 5.07. The third-order valence-electron chi connectivity index (χ3n) is 2.62. The summed E-state index contributed by atoms with van der Waals surface area (Å²) in [7, 11) is 1.62. The van der Waals surface area contributed by atoms with E-state index in [2.05, 4.69) is 33.5 Å². The molecule has 1 amide bonds. The first-order chi connectivity index (χ1) is 9.17. The molecular weight excluding hydrogens is 308 g/mol. The molecule has 2 N–H and O–H groups in total. The van der Waals surface area contributed by atoms with E-state index >= 15 is 0 Å². The van der Waals surface area contributed by atoms with Crippen LogP contribution >= 0.6 is 15.9 Å². The highest BCUT2D eigenvalue weighted by molar-refractivity contribution is 9.10. The number of hydrogen-bond acceptors (Lipinski definition) is 3. The van der Waals surface area contributed by atoms with Gasteiger partial charge in [0.1, 0.15) is 5.75 Å². The maximum Gasteiger partial charge on any atom is 0.223 e. The molecule has 0 aliphatic heterocycles. The SMILES string of the molecule is CCCNCc1ccc(OCCC(=O)NC)c(Br)c1. The maximum absolute atomic E-state index is 11.1. The summed E-state index contributed by atoms with van der Waals surface area (Å²) in [6, 6.07) is 6.00. The van der Waals surface area contributed by atoms with Crippen molar-refractivity contribution in [2.75, 3.05) is 20.2 Å². The van der Waals surface area contributed by atoms with E-state index in [9.17, 15) is 4.79 Å². The zero-order chi connectivity index (χ0) is 14.1. The third kappa shape index (κ3) is 6.07. The second kappa shape index (κ2) is 8.93. The van der Waals surface area contributed by atoms with Crippen molar-refractivity contribution in [2.45, 2.75) is 26.3 Å². The molecule has 0 bridgehead atoms. The molecule has 106 valence electrons. The van der Waals surface area contributed by atoms with Crippen LogP contribution in [-0.2, 0) is 11.3 Å². The fourth-order valence-electron chi connectivity index (χ4n) is 1.56. The Hall–Kier alpha value is -1.07. The van der Waals surface area contributed by atoms with Gasteiger partial charge in [-0.15, -0.1) is 0 Å². The molecule has 0 fully saturated rings. The Labute approximate surface area is 123 Å². The topological polar surface area (TPSA) is 50.4 Å². The van der Waals surface area contributed by atoms with Gasteiger partial charge in [0, 0.05) is 13.6 Å². The van der Waals surface area contributed by atoms with Crippen molar-refractivity contribution in [1.82, 2.24) is 10.6 Å². The quantitative estimate of drug-likeness (QED) is 0.721. The Morgan fingerprint density at radius 3 is 2.84 bits per heavy atom. The predicted molar refractivity (Wildman–Crippen MR) is 80.3 cm³/mol. The minimum absolute atomic E-state index is 0.0171. The van der Waals surface area contributed by atoms with Gasteiger partial charge in [-0.2, -0.15) is 0 Å². The highest BCUT2D eigenvalue weighted by Crippen LogP contribution is 2.26. The number of rotatable bonds is 8. The molecule has 0 spiro atoms. The van der Waals surface area contributed by atoms with Gasteiger partial charge in [0.05, 0.1) is 17.5 Å². The molecule has 1 aromatic rings. The first kappa shape index (κ1) is 16.0. The zero-order valence-corrected chi connectivity index (χ0v) is 13.0. The molecule has 1 rings (SSSR count). The normalized spacial score (nSPS) is 10.3. The lowest BCUT2D eigenvalue weighted by Gasteiger charge is -2.10. The molecule has 0 unspecified atom stereocenters. The van der Waals surface area contributed by atoms with E-state index < -0.39 is 0 Å². The Bertz CT molecular complexity index is 410. The van der Waals surface area contributed by atoms with E-state index in [1.54, 1.807) is 7.05 Å². The summed E-state index contributed by atoms with van der Waals surface area (Å²) >= 11 is 3.49. The standard InChI is InChI=1S/C14H21BrN2O2/c1-3-7-17-10-11-4-5-13(12(15)9-11)19-8-6-14(18)16-2/h4-5,9,17H,3,6-8,10H2,1-2H3,(H,16,18). The number of halogens is 1. The van der Waals surface area contributed by atoms with Crippen molar-refractivity contribution in [3.05, 3.63) is 28.2 Å². The van der Waals surface area contributed by atoms with E-state index in [0.717, 1.165) is 29.7 Å². The molecule has 0 aliphatic carbocycles. The summed E-state index contributed by atoms with van der Waals surface area (Å²) in [6.07, 6.45) is 1.49. The molecule has 0 aliphatic rings. The zero-order valence-electron chi connectivity index (χ0n) is 11.5. The number of carbonyl (C=O) groups is 1. The minimum atomic E-state index is -0.0171. The number of ether oxygens (including phenoxy) is 1. The first-order valence-electron chi connectivity index (χ1n) is 6.50. The van der Waals surface area contributed by atoms with Gasteiger partial charge in [0.2, 0.25) is 5.91 Å². The van der Waals surface area contributed by atoms with Crippen LogP contribution < -0.4 is 15.4 Å². The van der Waals surface area contributed by atoms with E-state index in [1.807, 2.05) is 18.2 Å². The van der Waals surface area contributed by atoms with Gasteiger partial charge in [-0.1, -0.05) is 13.0 Å². The van der Waals surface area contributed by atoms with Crippen LogP contribution in [-0.4, -0.2) is 26.1 Å². The smallest absolute Gasteiger partial charge is 0.223 e. The minimum Gasteiger partial charge on any atom is -0.492 e. The number of carbonyl (C=O) groups excluding carboxylic acids is 1. The summed E-state index contributed by atoms with van der Waals surface area (Å²) in [5, 5.41) is 5.91. The number of benzene rings is 1. The van der Waals surface area contributed by atoms with Crippen molar-refractivity contribution in [3.63, 3.8) is 0 Å². The molecule has 0 radical (unpaired) electrons. The van der Waals surface area contributed by atoms with Crippen LogP contribution in [0.3, 0.4) is 0 Å². The van der Waals surface area contributed by atoms with Crippen LogP contribution in [0.5, 0.6) is 5.75 Å². The first-order valence-corrected chi connectivity index (χ1v) is 7.29. The van der Waals surface area contributed by atoms with Crippen LogP contribution in [0.2, 0.25) is 0 Å². The van der Waals surface area contributed by atoms with Crippen molar-refractivity contribution >= 4 is 21.8 Å². The molecule has 0 saturated heterocycles. The molecule has 4 nitrogen and oxygen atoms in total. The summed E-state index contributed by atoms with van der Waals surface area (Å²) in [5.74, 6) is 0.750. The summed E-state index contributed by atoms with van der Waals surface area (Å²) in [5.41, 5.74) is 1.21. The van der Waals surface area contributed by atoms with Gasteiger partial charge >= 0.3 is 0 Å². The van der Waals surface area contributed by atoms with Gasteiger partial charge < -0.3 is 15.4 Å². The molecule has 1 aromatic carbocycles. The van der Waals surface area contributed by atoms with Crippen molar-refractivity contribution in [3.8, 4) is 5.75 Å². The van der Waals surface area contributed by atoms with Crippen LogP contribution in [0.15, 0.2) is 22.7 Å². The molecular formula is C14H21BrN2O2. The van der Waals surface area contributed by atoms with E-state index in [4.69, 9.17) is 4.74 Å². The van der Waals surface area contributed by atoms with Crippen molar-refractivity contribution in [2.24, 2.45) is 0 Å². The van der Waals surface area contributed by atoms with Crippen molar-refractivity contribution < 1.29 is 9.53 Å². The van der Waals surface area contributed by atoms with Crippen LogP contribution in [0.4, 0.5) is 0 Å². The monoisotopic (exact) mass is 328 g/mol. The Balaban J connectivity index is 2.45. The molecule has 0 aromatic heterocycles. The Kier molecular flexibility index (Phi) is 7.52. The van der Waals surface area contributed by atoms with Crippen LogP contribution in [0.1, 0.15) is 25.3 Å². The van der Waals surface area contributed by atoms with Crippen molar-refractivity contribution in [1.29, 1.82) is 0 Å². The van der Waals surface area contributed by atoms with Gasteiger partial charge in [0.25, 0.3) is 0 Å². The Morgan fingerprint density at radius 1 is 1.42 bits per heavy atom. The molecule has 0 heterocycles. The largest absolute Gasteiger partial charge is 0.492 e. The van der Waals surface area contributed by atoms with Gasteiger partial charge in [-0.3, -0.25) is 4.79 Å². The van der Waals surface area contributed by atoms with E-state index in [-0.39, 0.29) is 5.91 Å². The lowest BCUT2D eigenvalue weighted by Crippen LogP contribution is -2.20. The maximum atomic E-state index is 11.1. The number of hydrogen-bond donors (Lipinski definition) is 2. The van der Waals surface area contributed by atoms with Gasteiger partial charge in [-0.25, -0.2) is 0 Å². The predicted octanol–water partition coefficient (Wildman–Crippen LogP) is 2.46. The fourth-order valence-corrected chi connectivity index (χ4v) is 2.10. The van der Waals surface area contributed by atoms with Crippen LogP contribution in [0, 0.1) is 0 Å². The average Bonchev–Trinajstić information content (AvgIpc) is 2.41. The molecule has 5 heteroatoms. The summed E-state index contributed by atoms with van der Waals surface area (Å²) in [4.78, 5) is 11.1. The van der Waals surface area contributed by atoms with E-state index in [1.165, 1.54) is 5.56 Å². The van der Waals surface area contributed by atoms with Gasteiger partial charge in [-0.05, 0) is 46.6 Å². The molecule has 0 saturated carbocycles. The van der Waals surface area contributed by atoms with E-state index in [0.29, 0.717) is 13.0 Å². The lowest BCUT2D eigenvalue weighted by molar-refractivity contribution is -0.121. The number of nitrogens with one attached hydrogen (secondary N) is 2. The highest BCUT2D eigenvalue weighted by Gasteiger charge is 2.04. The van der Waals surface area contributed by atoms with Crippen LogP contribution in [0.25, 0.3) is 0 Å². The molecule has 0 atom stereocenters. The third-order valence-corrected chi connectivity index (χ3v) is 3.24. The average molecular weight is 329 g/mol. The van der Waals surface area contributed by atoms with Gasteiger partial charge in [0.15, 0.2) is 0 Å². The number of amides is 1. The second-order valence-electron chi connectivity index (χ2n) is 4.21. The summed E-state index contributed by atoms with van der Waals surface area (Å²) < 4.78 is 6.48. The fraction of sp³-hybridized carbons (Fsp3) is 0.500. The Morgan fingerprint density at radius 2 is 2.21 bits per heavy atom. The summed E-state index contributed by atoms with van der Waals surface area (Å²) in [6.45, 7) is 4.39. The highest BCUT2D eigenvalue weighted by atomic mass is 79.9.